The Kier molecular flexibility index (Phi) is 4.21. The molecule has 0 bridgehead atoms. The first-order chi connectivity index (χ1) is 13.2. The molecule has 4 aliphatic rings. The molecule has 2 heterocycles. The van der Waals surface area contributed by atoms with E-state index in [1.54, 1.807) is 0 Å². The minimum atomic E-state index is -0.491. The molecular weight excluding hydrogens is 336 g/mol. The maximum absolute atomic E-state index is 12.9. The number of amides is 1. The highest BCUT2D eigenvalue weighted by Crippen LogP contribution is 2.49. The van der Waals surface area contributed by atoms with Gasteiger partial charge in [-0.2, -0.15) is 0 Å². The van der Waals surface area contributed by atoms with Gasteiger partial charge in [-0.25, -0.2) is 0 Å². The van der Waals surface area contributed by atoms with Crippen LogP contribution in [0.25, 0.3) is 0 Å². The summed E-state index contributed by atoms with van der Waals surface area (Å²) in [5, 5.41) is 0. The third-order valence-corrected chi connectivity index (χ3v) is 6.35. The van der Waals surface area contributed by atoms with Crippen LogP contribution in [0.4, 0.5) is 0 Å². The zero-order valence-electron chi connectivity index (χ0n) is 15.9. The summed E-state index contributed by atoms with van der Waals surface area (Å²) in [6.07, 6.45) is 11.5. The molecule has 0 radical (unpaired) electrons. The first-order valence-electron chi connectivity index (χ1n) is 10.3. The van der Waals surface area contributed by atoms with Gasteiger partial charge in [0.2, 0.25) is 0 Å². The standard InChI is InChI=1S/C23H28N2O2/c26-21-23(12-13-23)27-22(18-25(21)15-20-9-5-2-6-10-20)16-24(17-22)14-11-19-7-3-1-4-8-19/h1-5,7-9H,6,10-18H2. The van der Waals surface area contributed by atoms with Crippen molar-refractivity contribution in [3.8, 4) is 0 Å². The Morgan fingerprint density at radius 2 is 1.89 bits per heavy atom. The van der Waals surface area contributed by atoms with Crippen molar-refractivity contribution in [1.29, 1.82) is 0 Å². The van der Waals surface area contributed by atoms with Gasteiger partial charge in [0.25, 0.3) is 5.91 Å². The van der Waals surface area contributed by atoms with E-state index < -0.39 is 5.60 Å². The molecule has 3 fully saturated rings. The number of likely N-dealkylation sites (tertiary alicyclic amines) is 1. The predicted molar refractivity (Wildman–Crippen MR) is 105 cm³/mol. The minimum absolute atomic E-state index is 0.147. The SMILES string of the molecule is O=C1N(CC2=CC=CCC2)CC2(CN(CCc3ccccc3)C2)OC12CC2. The fraction of sp³-hybridized carbons (Fsp3) is 0.522. The lowest BCUT2D eigenvalue weighted by Crippen LogP contribution is -2.73. The van der Waals surface area contributed by atoms with Gasteiger partial charge in [0.1, 0.15) is 11.2 Å². The summed E-state index contributed by atoms with van der Waals surface area (Å²) in [4.78, 5) is 17.5. The van der Waals surface area contributed by atoms with E-state index in [9.17, 15) is 4.79 Å². The number of ether oxygens (including phenoxy) is 1. The Hall–Kier alpha value is -1.91. The highest BCUT2D eigenvalue weighted by Gasteiger charge is 2.64. The number of rotatable bonds is 5. The molecular formula is C23H28N2O2. The molecule has 2 aliphatic heterocycles. The van der Waals surface area contributed by atoms with Gasteiger partial charge in [0.15, 0.2) is 0 Å². The van der Waals surface area contributed by atoms with Gasteiger partial charge >= 0.3 is 0 Å². The summed E-state index contributed by atoms with van der Waals surface area (Å²) in [5.74, 6) is 0.228. The number of nitrogens with zero attached hydrogens (tertiary/aromatic N) is 2. The van der Waals surface area contributed by atoms with E-state index in [4.69, 9.17) is 4.74 Å². The molecule has 0 atom stereocenters. The number of benzene rings is 1. The number of allylic oxidation sites excluding steroid dienone is 3. The molecule has 1 saturated carbocycles. The molecule has 27 heavy (non-hydrogen) atoms. The highest BCUT2D eigenvalue weighted by atomic mass is 16.5. The summed E-state index contributed by atoms with van der Waals surface area (Å²) in [6, 6.07) is 10.7. The van der Waals surface area contributed by atoms with E-state index >= 15 is 0 Å². The Balaban J connectivity index is 1.22. The molecule has 1 aromatic rings. The Morgan fingerprint density at radius 3 is 2.59 bits per heavy atom. The van der Waals surface area contributed by atoms with Crippen molar-refractivity contribution in [3.05, 3.63) is 59.7 Å². The van der Waals surface area contributed by atoms with Crippen LogP contribution in [0.15, 0.2) is 54.1 Å². The molecule has 2 saturated heterocycles. The molecule has 4 nitrogen and oxygen atoms in total. The normalized spacial score (nSPS) is 25.6. The smallest absolute Gasteiger partial charge is 0.255 e. The number of hydrogen-bond donors (Lipinski definition) is 0. The number of carbonyl (C=O) groups excluding carboxylic acids is 1. The topological polar surface area (TPSA) is 32.8 Å². The zero-order chi connectivity index (χ0) is 18.3. The van der Waals surface area contributed by atoms with Crippen molar-refractivity contribution in [2.45, 2.75) is 43.3 Å². The molecule has 2 spiro atoms. The van der Waals surface area contributed by atoms with Crippen LogP contribution in [0.3, 0.4) is 0 Å². The highest BCUT2D eigenvalue weighted by molar-refractivity contribution is 5.89. The maximum atomic E-state index is 12.9. The number of hydrogen-bond acceptors (Lipinski definition) is 3. The Bertz CT molecular complexity index is 773. The summed E-state index contributed by atoms with van der Waals surface area (Å²) >= 11 is 0. The van der Waals surface area contributed by atoms with E-state index in [-0.39, 0.29) is 11.5 Å². The summed E-state index contributed by atoms with van der Waals surface area (Å²) in [5.41, 5.74) is 2.12. The van der Waals surface area contributed by atoms with Crippen LogP contribution in [-0.2, 0) is 16.0 Å². The van der Waals surface area contributed by atoms with Crippen LogP contribution < -0.4 is 0 Å². The predicted octanol–water partition coefficient (Wildman–Crippen LogP) is 2.95. The van der Waals surface area contributed by atoms with Gasteiger partial charge in [0.05, 0.1) is 6.54 Å². The lowest BCUT2D eigenvalue weighted by atomic mass is 9.89. The van der Waals surface area contributed by atoms with Crippen LogP contribution in [0, 0.1) is 0 Å². The lowest BCUT2D eigenvalue weighted by molar-refractivity contribution is -0.224. The zero-order valence-corrected chi connectivity index (χ0v) is 15.9. The van der Waals surface area contributed by atoms with Crippen LogP contribution in [-0.4, -0.2) is 59.6 Å². The van der Waals surface area contributed by atoms with E-state index in [1.807, 2.05) is 0 Å². The first kappa shape index (κ1) is 17.2. The summed E-state index contributed by atoms with van der Waals surface area (Å²) in [7, 11) is 0. The van der Waals surface area contributed by atoms with Crippen LogP contribution in [0.2, 0.25) is 0 Å². The van der Waals surface area contributed by atoms with Crippen molar-refractivity contribution in [3.63, 3.8) is 0 Å². The van der Waals surface area contributed by atoms with Crippen molar-refractivity contribution >= 4 is 5.91 Å². The lowest BCUT2D eigenvalue weighted by Gasteiger charge is -2.56. The summed E-state index contributed by atoms with van der Waals surface area (Å²) in [6.45, 7) is 4.48. The third kappa shape index (κ3) is 3.37. The molecule has 0 N–H and O–H groups in total. The molecule has 1 aromatic carbocycles. The third-order valence-electron chi connectivity index (χ3n) is 6.35. The molecule has 1 amide bonds. The molecule has 0 aromatic heterocycles. The fourth-order valence-electron chi connectivity index (χ4n) is 4.81. The number of morpholine rings is 1. The minimum Gasteiger partial charge on any atom is -0.354 e. The maximum Gasteiger partial charge on any atom is 0.255 e. The largest absolute Gasteiger partial charge is 0.354 e. The van der Waals surface area contributed by atoms with Crippen molar-refractivity contribution in [2.75, 3.05) is 32.7 Å². The second-order valence-electron chi connectivity index (χ2n) is 8.68. The second-order valence-corrected chi connectivity index (χ2v) is 8.68. The van der Waals surface area contributed by atoms with E-state index in [0.717, 1.165) is 64.8 Å². The first-order valence-corrected chi connectivity index (χ1v) is 10.3. The van der Waals surface area contributed by atoms with Gasteiger partial charge < -0.3 is 9.64 Å². The van der Waals surface area contributed by atoms with E-state index in [2.05, 4.69) is 58.4 Å². The quantitative estimate of drug-likeness (QED) is 0.805. The molecule has 4 heteroatoms. The van der Waals surface area contributed by atoms with E-state index in [1.165, 1.54) is 11.1 Å². The fourth-order valence-corrected chi connectivity index (χ4v) is 4.81. The van der Waals surface area contributed by atoms with Crippen LogP contribution >= 0.6 is 0 Å². The second kappa shape index (κ2) is 6.61. The van der Waals surface area contributed by atoms with Crippen molar-refractivity contribution in [2.24, 2.45) is 0 Å². The van der Waals surface area contributed by atoms with Crippen molar-refractivity contribution < 1.29 is 9.53 Å². The van der Waals surface area contributed by atoms with Gasteiger partial charge in [-0.1, -0.05) is 54.1 Å². The van der Waals surface area contributed by atoms with Gasteiger partial charge in [-0.05, 0) is 37.7 Å². The summed E-state index contributed by atoms with van der Waals surface area (Å²) < 4.78 is 6.46. The number of carbonyl (C=O) groups is 1. The monoisotopic (exact) mass is 364 g/mol. The van der Waals surface area contributed by atoms with Crippen LogP contribution in [0.1, 0.15) is 31.2 Å². The Morgan fingerprint density at radius 1 is 1.07 bits per heavy atom. The average molecular weight is 364 g/mol. The molecule has 142 valence electrons. The molecule has 0 unspecified atom stereocenters. The van der Waals surface area contributed by atoms with E-state index in [0.29, 0.717) is 0 Å². The van der Waals surface area contributed by atoms with Gasteiger partial charge in [-0.3, -0.25) is 9.69 Å². The van der Waals surface area contributed by atoms with Crippen LogP contribution in [0.5, 0.6) is 0 Å². The molecule has 5 rings (SSSR count). The van der Waals surface area contributed by atoms with Gasteiger partial charge in [0, 0.05) is 26.2 Å². The average Bonchev–Trinajstić information content (AvgIpc) is 3.44. The van der Waals surface area contributed by atoms with Crippen molar-refractivity contribution in [1.82, 2.24) is 9.80 Å². The molecule has 2 aliphatic carbocycles. The van der Waals surface area contributed by atoms with Gasteiger partial charge in [-0.15, -0.1) is 0 Å². The Labute approximate surface area is 161 Å².